The lowest BCUT2D eigenvalue weighted by molar-refractivity contribution is -0.133. The maximum atomic E-state index is 12.3. The fraction of sp³-hybridized carbons (Fsp3) is 0.706. The molecule has 1 aromatic heterocycles. The van der Waals surface area contributed by atoms with Crippen molar-refractivity contribution in [2.75, 3.05) is 39.4 Å². The van der Waals surface area contributed by atoms with Crippen molar-refractivity contribution < 1.29 is 9.53 Å². The van der Waals surface area contributed by atoms with Gasteiger partial charge in [-0.25, -0.2) is 0 Å². The molecule has 22 heavy (non-hydrogen) atoms. The van der Waals surface area contributed by atoms with Gasteiger partial charge in [-0.1, -0.05) is 0 Å². The molecule has 2 atom stereocenters. The average Bonchev–Trinajstić information content (AvgIpc) is 3.25. The Bertz CT molecular complexity index is 463. The van der Waals surface area contributed by atoms with Gasteiger partial charge in [0.2, 0.25) is 5.91 Å². The summed E-state index contributed by atoms with van der Waals surface area (Å²) in [5, 5.41) is 4.37. The Kier molecular flexibility index (Phi) is 5.50. The molecule has 1 amide bonds. The lowest BCUT2D eigenvalue weighted by atomic mass is 10.0. The van der Waals surface area contributed by atoms with E-state index in [2.05, 4.69) is 28.7 Å². The summed E-state index contributed by atoms with van der Waals surface area (Å²) in [4.78, 5) is 16.9. The van der Waals surface area contributed by atoms with Crippen molar-refractivity contribution in [3.63, 3.8) is 0 Å². The molecule has 0 N–H and O–H groups in total. The predicted octanol–water partition coefficient (Wildman–Crippen LogP) is 2.77. The van der Waals surface area contributed by atoms with Gasteiger partial charge in [-0.05, 0) is 48.1 Å². The third-order valence-electron chi connectivity index (χ3n) is 5.03. The van der Waals surface area contributed by atoms with E-state index in [4.69, 9.17) is 4.74 Å². The van der Waals surface area contributed by atoms with Crippen LogP contribution < -0.4 is 0 Å². The van der Waals surface area contributed by atoms with Crippen molar-refractivity contribution in [3.8, 4) is 0 Å². The van der Waals surface area contributed by atoms with E-state index >= 15 is 0 Å². The molecule has 2 aliphatic rings. The van der Waals surface area contributed by atoms with Crippen LogP contribution in [0, 0.1) is 5.92 Å². The number of piperazine rings is 1. The first-order valence-electron chi connectivity index (χ1n) is 8.35. The number of thiophene rings is 1. The molecule has 0 aromatic carbocycles. The van der Waals surface area contributed by atoms with Gasteiger partial charge in [0.05, 0.1) is 0 Å². The molecule has 2 aliphatic heterocycles. The predicted molar refractivity (Wildman–Crippen MR) is 89.0 cm³/mol. The van der Waals surface area contributed by atoms with Gasteiger partial charge < -0.3 is 9.64 Å². The zero-order valence-electron chi connectivity index (χ0n) is 13.4. The normalized spacial score (nSPS) is 24.6. The maximum Gasteiger partial charge on any atom is 0.222 e. The van der Waals surface area contributed by atoms with Gasteiger partial charge in [-0.15, -0.1) is 0 Å². The van der Waals surface area contributed by atoms with E-state index in [0.29, 0.717) is 24.3 Å². The lowest BCUT2D eigenvalue weighted by Gasteiger charge is -2.38. The summed E-state index contributed by atoms with van der Waals surface area (Å²) in [7, 11) is 0. The average molecular weight is 322 g/mol. The summed E-state index contributed by atoms with van der Waals surface area (Å²) in [5.74, 6) is 0.929. The first-order valence-corrected chi connectivity index (χ1v) is 9.30. The Morgan fingerprint density at radius 3 is 2.86 bits per heavy atom. The summed E-state index contributed by atoms with van der Waals surface area (Å²) in [6.07, 6.45) is 2.80. The highest BCUT2D eigenvalue weighted by Crippen LogP contribution is 2.24. The summed E-state index contributed by atoms with van der Waals surface area (Å²) in [6.45, 7) is 7.68. The molecular weight excluding hydrogens is 296 g/mol. The standard InChI is InChI=1S/C17H26N2O2S/c1-14(16-5-11-22-13-16)18-6-8-19(9-7-18)17(20)3-2-15-4-10-21-12-15/h5,11,13-15H,2-4,6-10,12H2,1H3/t14-,15-/m0/s1. The van der Waals surface area contributed by atoms with Crippen molar-refractivity contribution in [3.05, 3.63) is 22.4 Å². The quantitative estimate of drug-likeness (QED) is 0.836. The van der Waals surface area contributed by atoms with Crippen molar-refractivity contribution in [2.45, 2.75) is 32.2 Å². The Labute approximate surface area is 137 Å². The molecular formula is C17H26N2O2S. The van der Waals surface area contributed by atoms with E-state index in [1.807, 2.05) is 4.90 Å². The molecule has 0 radical (unpaired) electrons. The second-order valence-electron chi connectivity index (χ2n) is 6.42. The van der Waals surface area contributed by atoms with Gasteiger partial charge in [0.15, 0.2) is 0 Å². The van der Waals surface area contributed by atoms with Gasteiger partial charge in [-0.3, -0.25) is 9.69 Å². The molecule has 122 valence electrons. The van der Waals surface area contributed by atoms with Crippen LogP contribution in [0.25, 0.3) is 0 Å². The van der Waals surface area contributed by atoms with Crippen molar-refractivity contribution >= 4 is 17.2 Å². The number of nitrogens with zero attached hydrogens (tertiary/aromatic N) is 2. The smallest absolute Gasteiger partial charge is 0.222 e. The van der Waals surface area contributed by atoms with Gasteiger partial charge in [-0.2, -0.15) is 11.3 Å². The van der Waals surface area contributed by atoms with Crippen LogP contribution in [0.2, 0.25) is 0 Å². The molecule has 4 nitrogen and oxygen atoms in total. The number of amides is 1. The Morgan fingerprint density at radius 2 is 2.23 bits per heavy atom. The van der Waals surface area contributed by atoms with Crippen molar-refractivity contribution in [1.82, 2.24) is 9.80 Å². The van der Waals surface area contributed by atoms with E-state index < -0.39 is 0 Å². The van der Waals surface area contributed by atoms with E-state index in [-0.39, 0.29) is 0 Å². The van der Waals surface area contributed by atoms with Crippen LogP contribution in [0.4, 0.5) is 0 Å². The first kappa shape index (κ1) is 16.0. The molecule has 3 heterocycles. The Balaban J connectivity index is 1.41. The van der Waals surface area contributed by atoms with Crippen LogP contribution in [-0.2, 0) is 9.53 Å². The van der Waals surface area contributed by atoms with E-state index in [1.165, 1.54) is 5.56 Å². The third kappa shape index (κ3) is 3.89. The van der Waals surface area contributed by atoms with Gasteiger partial charge in [0.1, 0.15) is 0 Å². The SMILES string of the molecule is C[C@@H](c1ccsc1)N1CCN(C(=O)CC[C@H]2CCOC2)CC1. The van der Waals surface area contributed by atoms with Gasteiger partial charge >= 0.3 is 0 Å². The molecule has 3 rings (SSSR count). The van der Waals surface area contributed by atoms with E-state index in [1.54, 1.807) is 11.3 Å². The van der Waals surface area contributed by atoms with E-state index in [0.717, 1.165) is 52.2 Å². The minimum atomic E-state index is 0.328. The first-order chi connectivity index (χ1) is 10.7. The molecule has 0 saturated carbocycles. The fourth-order valence-electron chi connectivity index (χ4n) is 3.38. The number of hydrogen-bond acceptors (Lipinski definition) is 4. The topological polar surface area (TPSA) is 32.8 Å². The zero-order chi connectivity index (χ0) is 15.4. The molecule has 0 bridgehead atoms. The Hall–Kier alpha value is -0.910. The molecule has 1 aromatic rings. The highest BCUT2D eigenvalue weighted by molar-refractivity contribution is 7.07. The molecule has 0 aliphatic carbocycles. The maximum absolute atomic E-state index is 12.3. The molecule has 0 spiro atoms. The number of carbonyl (C=O) groups excluding carboxylic acids is 1. The minimum absolute atomic E-state index is 0.328. The van der Waals surface area contributed by atoms with Crippen molar-refractivity contribution in [2.24, 2.45) is 5.92 Å². The second kappa shape index (κ2) is 7.57. The third-order valence-corrected chi connectivity index (χ3v) is 5.73. The highest BCUT2D eigenvalue weighted by atomic mass is 32.1. The second-order valence-corrected chi connectivity index (χ2v) is 7.20. The van der Waals surface area contributed by atoms with Crippen LogP contribution in [0.1, 0.15) is 37.8 Å². The molecule has 2 fully saturated rings. The highest BCUT2D eigenvalue weighted by Gasteiger charge is 2.25. The molecule has 5 heteroatoms. The van der Waals surface area contributed by atoms with Crippen molar-refractivity contribution in [1.29, 1.82) is 0 Å². The molecule has 2 saturated heterocycles. The lowest BCUT2D eigenvalue weighted by Crippen LogP contribution is -2.49. The number of ether oxygens (including phenoxy) is 1. The van der Waals surface area contributed by atoms with E-state index in [9.17, 15) is 4.79 Å². The zero-order valence-corrected chi connectivity index (χ0v) is 14.2. The number of carbonyl (C=O) groups is 1. The summed E-state index contributed by atoms with van der Waals surface area (Å²) in [5.41, 5.74) is 1.39. The summed E-state index contributed by atoms with van der Waals surface area (Å²) >= 11 is 1.75. The van der Waals surface area contributed by atoms with Gasteiger partial charge in [0, 0.05) is 51.9 Å². The summed E-state index contributed by atoms with van der Waals surface area (Å²) < 4.78 is 5.38. The summed E-state index contributed by atoms with van der Waals surface area (Å²) in [6, 6.07) is 2.66. The largest absolute Gasteiger partial charge is 0.381 e. The molecule has 0 unspecified atom stereocenters. The fourth-order valence-corrected chi connectivity index (χ4v) is 4.13. The van der Waals surface area contributed by atoms with Crippen LogP contribution in [0.3, 0.4) is 0 Å². The van der Waals surface area contributed by atoms with Crippen LogP contribution in [0.15, 0.2) is 16.8 Å². The minimum Gasteiger partial charge on any atom is -0.381 e. The van der Waals surface area contributed by atoms with Crippen LogP contribution >= 0.6 is 11.3 Å². The number of hydrogen-bond donors (Lipinski definition) is 0. The monoisotopic (exact) mass is 322 g/mol. The number of rotatable bonds is 5. The van der Waals surface area contributed by atoms with Crippen LogP contribution in [-0.4, -0.2) is 55.1 Å². The Morgan fingerprint density at radius 1 is 1.41 bits per heavy atom. The van der Waals surface area contributed by atoms with Gasteiger partial charge in [0.25, 0.3) is 0 Å². The van der Waals surface area contributed by atoms with Crippen LogP contribution in [0.5, 0.6) is 0 Å².